The van der Waals surface area contributed by atoms with Crippen LogP contribution in [0.5, 0.6) is 0 Å². The van der Waals surface area contributed by atoms with Crippen molar-refractivity contribution >= 4 is 173 Å². The van der Waals surface area contributed by atoms with Gasteiger partial charge in [0, 0.05) is 130 Å². The molecule has 8 heterocycles. The molecule has 0 amide bonds. The minimum absolute atomic E-state index is 0.646. The third-order valence-corrected chi connectivity index (χ3v) is 28.5. The lowest BCUT2D eigenvalue weighted by atomic mass is 9.98. The quantitative estimate of drug-likeness (QED) is 0.129. The van der Waals surface area contributed by atoms with E-state index < -0.39 is 0 Å². The van der Waals surface area contributed by atoms with Crippen molar-refractivity contribution < 1.29 is 0 Å². The summed E-state index contributed by atoms with van der Waals surface area (Å²) in [5.74, 6) is 1.96. The minimum atomic E-state index is 0.646. The second-order valence-electron chi connectivity index (χ2n) is 35.3. The lowest BCUT2D eigenvalue weighted by molar-refractivity contribution is 1.07. The largest absolute Gasteiger partial charge is 0.309 e. The van der Waals surface area contributed by atoms with E-state index in [1.54, 1.807) is 0 Å². The molecule has 29 rings (SSSR count). The molecule has 0 aliphatic carbocycles. The zero-order chi connectivity index (χ0) is 90.8. The van der Waals surface area contributed by atoms with Crippen molar-refractivity contribution in [1.82, 2.24) is 47.8 Å². The van der Waals surface area contributed by atoms with Gasteiger partial charge < -0.3 is 22.8 Å². The number of benzene rings is 21. The molecule has 644 valence electrons. The number of para-hydroxylation sites is 8. The molecule has 0 saturated heterocycles. The zero-order valence-electron chi connectivity index (χ0n) is 74.6. The van der Waals surface area contributed by atoms with Crippen LogP contribution in [0.4, 0.5) is 0 Å². The summed E-state index contributed by atoms with van der Waals surface area (Å²) >= 11 is 1.85. The highest BCUT2D eigenvalue weighted by atomic mass is 32.1. The lowest BCUT2D eigenvalue weighted by Crippen LogP contribution is -2.01. The maximum atomic E-state index is 5.14. The third-order valence-electron chi connectivity index (χ3n) is 27.4. The Labute approximate surface area is 796 Å². The van der Waals surface area contributed by atoms with Gasteiger partial charge in [-0.05, 0) is 173 Å². The zero-order valence-corrected chi connectivity index (χ0v) is 75.4. The highest BCUT2D eigenvalue weighted by Crippen LogP contribution is 2.48. The molecule has 8 aromatic heterocycles. The molecule has 11 heteroatoms. The Hall–Kier alpha value is -18.3. The van der Waals surface area contributed by atoms with Crippen LogP contribution in [-0.4, -0.2) is 47.8 Å². The molecule has 0 radical (unpaired) electrons. The molecule has 21 aromatic carbocycles. The number of rotatable bonds is 11. The molecule has 10 nitrogen and oxygen atoms in total. The van der Waals surface area contributed by atoms with Crippen LogP contribution >= 0.6 is 11.3 Å². The van der Waals surface area contributed by atoms with E-state index >= 15 is 0 Å². The summed E-state index contributed by atoms with van der Waals surface area (Å²) in [5, 5.41) is 20.2. The van der Waals surface area contributed by atoms with Crippen molar-refractivity contribution in [2.24, 2.45) is 0 Å². The smallest absolute Gasteiger partial charge is 0.164 e. The molecule has 0 N–H and O–H groups in total. The van der Waals surface area contributed by atoms with Crippen molar-refractivity contribution in [2.45, 2.75) is 0 Å². The summed E-state index contributed by atoms with van der Waals surface area (Å²) in [6.45, 7) is 0. The van der Waals surface area contributed by atoms with Crippen LogP contribution in [-0.2, 0) is 0 Å². The van der Waals surface area contributed by atoms with Crippen molar-refractivity contribution in [3.63, 3.8) is 0 Å². The predicted octanol–water partition coefficient (Wildman–Crippen LogP) is 33.3. The molecule has 0 unspecified atom stereocenters. The first-order valence-electron chi connectivity index (χ1n) is 46.8. The van der Waals surface area contributed by atoms with E-state index in [1.165, 1.54) is 168 Å². The van der Waals surface area contributed by atoms with E-state index in [-0.39, 0.29) is 0 Å². The molecular weight excluding hydrogens is 1700 g/mol. The number of hydrogen-bond donors (Lipinski definition) is 0. The number of thiophene rings is 1. The monoisotopic (exact) mass is 1780 g/mol. The summed E-state index contributed by atoms with van der Waals surface area (Å²) < 4.78 is 14.7. The summed E-state index contributed by atoms with van der Waals surface area (Å²) in [4.78, 5) is 25.1. The maximum absolute atomic E-state index is 5.14. The number of aromatic nitrogens is 10. The van der Waals surface area contributed by atoms with Crippen LogP contribution in [0.1, 0.15) is 0 Å². The van der Waals surface area contributed by atoms with Crippen molar-refractivity contribution in [3.8, 4) is 96.2 Å². The van der Waals surface area contributed by atoms with Gasteiger partial charge in [0.25, 0.3) is 0 Å². The van der Waals surface area contributed by atoms with Gasteiger partial charge in [0.2, 0.25) is 0 Å². The van der Waals surface area contributed by atoms with E-state index in [4.69, 9.17) is 24.9 Å². The first-order chi connectivity index (χ1) is 68.4. The standard InChI is InChI=1S/C44H28N4.C44H28N2.C39H24N4S/c1-3-13-29(14-4-1)43-44(46-38-20-10-9-19-37(38)45-43)30-23-25-32(26-24-30)48-40-22-12-8-18-34(40)36-27-35-33-17-7-11-21-39(33)47(41(35)28-42(36)48)31-15-5-2-6-16-31;1-3-13-29(14-4-1)36-25-31-16-7-8-17-32(31)26-41(36)46-39-22-12-11-21-35(39)37-27-38-43(28-42(37)46)45(33-18-5-2-6-19-33)40-24-23-30-15-9-10-20-34(30)44(38)40;1-3-12-25(13-4-1)37-40-38(26-14-5-2-6-15-26)42-39(41-37)27-16-11-17-28(22-27)43-33-20-9-7-18-29(33)31-23-32-30-19-8-10-21-35(30)44-36(32)24-34(31)43/h1-28H;1-28H;1-24H. The van der Waals surface area contributed by atoms with E-state index in [2.05, 4.69) is 417 Å². The molecule has 138 heavy (non-hydrogen) atoms. The van der Waals surface area contributed by atoms with E-state index in [0.29, 0.717) is 17.5 Å². The lowest BCUT2D eigenvalue weighted by Gasteiger charge is -2.16. The van der Waals surface area contributed by atoms with Gasteiger partial charge in [-0.1, -0.05) is 340 Å². The Morgan fingerprint density at radius 1 is 0.167 bits per heavy atom. The van der Waals surface area contributed by atoms with Crippen LogP contribution in [0.15, 0.2) is 485 Å². The van der Waals surface area contributed by atoms with E-state index in [9.17, 15) is 0 Å². The summed E-state index contributed by atoms with van der Waals surface area (Å²) in [7, 11) is 0. The Morgan fingerprint density at radius 2 is 0.529 bits per heavy atom. The van der Waals surface area contributed by atoms with Crippen LogP contribution in [0.3, 0.4) is 0 Å². The van der Waals surface area contributed by atoms with Gasteiger partial charge in [-0.15, -0.1) is 11.3 Å². The molecule has 0 aliphatic heterocycles. The fraction of sp³-hybridized carbons (Fsp3) is 0. The number of nitrogens with zero attached hydrogens (tertiary/aromatic N) is 10. The Bertz CT molecular complexity index is 9830. The highest BCUT2D eigenvalue weighted by Gasteiger charge is 2.26. The van der Waals surface area contributed by atoms with Gasteiger partial charge in [0.1, 0.15) is 0 Å². The average molecular weight is 1780 g/mol. The van der Waals surface area contributed by atoms with Gasteiger partial charge in [-0.2, -0.15) is 0 Å². The van der Waals surface area contributed by atoms with Crippen LogP contribution in [0.25, 0.3) is 258 Å². The van der Waals surface area contributed by atoms with Gasteiger partial charge in [0.15, 0.2) is 17.5 Å². The van der Waals surface area contributed by atoms with Crippen molar-refractivity contribution in [3.05, 3.63) is 485 Å². The molecule has 0 saturated carbocycles. The number of fused-ring (bicyclic) bond motifs is 22. The summed E-state index contributed by atoms with van der Waals surface area (Å²) in [5.41, 5.74) is 28.5. The Balaban J connectivity index is 0.000000105. The molecule has 0 aliphatic rings. The van der Waals surface area contributed by atoms with Crippen molar-refractivity contribution in [2.75, 3.05) is 0 Å². The Kier molecular flexibility index (Phi) is 18.9. The minimum Gasteiger partial charge on any atom is -0.309 e. The topological polar surface area (TPSA) is 89.1 Å². The highest BCUT2D eigenvalue weighted by molar-refractivity contribution is 7.25. The average Bonchev–Trinajstić information content (AvgIpc) is 1.55. The second kappa shape index (κ2) is 32.9. The van der Waals surface area contributed by atoms with Crippen LogP contribution in [0, 0.1) is 0 Å². The van der Waals surface area contributed by atoms with Crippen LogP contribution < -0.4 is 0 Å². The second-order valence-corrected chi connectivity index (χ2v) is 36.4. The molecule has 0 bridgehead atoms. The fourth-order valence-electron chi connectivity index (χ4n) is 21.1. The molecule has 0 fully saturated rings. The molecule has 0 atom stereocenters. The fourth-order valence-corrected chi connectivity index (χ4v) is 22.3. The Morgan fingerprint density at radius 3 is 1.07 bits per heavy atom. The molecular formula is C127H80N10S. The molecule has 29 aromatic rings. The summed E-state index contributed by atoms with van der Waals surface area (Å²) in [6.07, 6.45) is 0. The SMILES string of the molecule is c1ccc(-c2cc3ccccc3cc2-n2c3ccccc3c3cc4c5c6ccccc6ccc5n(-c5ccccc5)c4cc32)cc1.c1ccc(-c2nc(-c3ccccc3)nc(-c3cccc(-n4c5ccccc5c5cc6c(cc54)sc4ccccc46)c3)n2)cc1.c1ccc(-c2nc3ccccc3nc2-c2ccc(-n3c4ccccc4c4cc5c6ccccc6n(-c6ccccc6)c5cc43)cc2)cc1. The van der Waals surface area contributed by atoms with Gasteiger partial charge in [-0.25, -0.2) is 24.9 Å². The van der Waals surface area contributed by atoms with Gasteiger partial charge in [0.05, 0.1) is 83.3 Å². The van der Waals surface area contributed by atoms with Gasteiger partial charge >= 0.3 is 0 Å². The van der Waals surface area contributed by atoms with Gasteiger partial charge in [-0.3, -0.25) is 0 Å². The predicted molar refractivity (Wildman–Crippen MR) is 578 cm³/mol. The first kappa shape index (κ1) is 79.5. The molecule has 0 spiro atoms. The third kappa shape index (κ3) is 13.3. The number of hydrogen-bond acceptors (Lipinski definition) is 6. The van der Waals surface area contributed by atoms with E-state index in [0.717, 1.165) is 73.0 Å². The van der Waals surface area contributed by atoms with Crippen LogP contribution in [0.2, 0.25) is 0 Å². The first-order valence-corrected chi connectivity index (χ1v) is 47.6. The summed E-state index contributed by atoms with van der Waals surface area (Å²) in [6, 6.07) is 173. The maximum Gasteiger partial charge on any atom is 0.164 e. The van der Waals surface area contributed by atoms with Crippen molar-refractivity contribution in [1.29, 1.82) is 0 Å². The normalized spacial score (nSPS) is 11.8. The van der Waals surface area contributed by atoms with E-state index in [1.807, 2.05) is 102 Å².